The van der Waals surface area contributed by atoms with Crippen LogP contribution < -0.4 is 5.73 Å². The normalized spacial score (nSPS) is 17.6. The highest BCUT2D eigenvalue weighted by Crippen LogP contribution is 2.42. The lowest BCUT2D eigenvalue weighted by Crippen LogP contribution is -2.24. The summed E-state index contributed by atoms with van der Waals surface area (Å²) in [5.41, 5.74) is 7.04. The van der Waals surface area contributed by atoms with Gasteiger partial charge in [-0.3, -0.25) is 0 Å². The average molecular weight is 233 g/mol. The van der Waals surface area contributed by atoms with Gasteiger partial charge in [-0.15, -0.1) is 0 Å². The predicted molar refractivity (Wildman–Crippen MR) is 66.7 cm³/mol. The summed E-state index contributed by atoms with van der Waals surface area (Å²) >= 11 is 0. The SMILES string of the molecule is CC(C)(C)OC(=O)c1cccc(C2(N)CC2)c1. The van der Waals surface area contributed by atoms with E-state index in [0.29, 0.717) is 5.56 Å². The molecule has 0 heterocycles. The summed E-state index contributed by atoms with van der Waals surface area (Å²) in [6.45, 7) is 5.58. The molecule has 3 nitrogen and oxygen atoms in total. The van der Waals surface area contributed by atoms with Crippen LogP contribution in [0.1, 0.15) is 49.5 Å². The Morgan fingerprint density at radius 2 is 2.00 bits per heavy atom. The van der Waals surface area contributed by atoms with Crippen molar-refractivity contribution in [2.45, 2.75) is 44.8 Å². The van der Waals surface area contributed by atoms with E-state index in [2.05, 4.69) is 0 Å². The van der Waals surface area contributed by atoms with Crippen molar-refractivity contribution in [3.8, 4) is 0 Å². The van der Waals surface area contributed by atoms with E-state index in [1.165, 1.54) is 0 Å². The molecular formula is C14H19NO2. The Kier molecular flexibility index (Phi) is 2.74. The first-order valence-corrected chi connectivity index (χ1v) is 5.93. The van der Waals surface area contributed by atoms with Crippen LogP contribution >= 0.6 is 0 Å². The number of carbonyl (C=O) groups is 1. The van der Waals surface area contributed by atoms with E-state index < -0.39 is 5.60 Å². The Hall–Kier alpha value is -1.35. The number of rotatable bonds is 2. The second kappa shape index (κ2) is 3.84. The van der Waals surface area contributed by atoms with Gasteiger partial charge in [-0.05, 0) is 51.3 Å². The third kappa shape index (κ3) is 2.86. The van der Waals surface area contributed by atoms with Crippen LogP contribution in [-0.2, 0) is 10.3 Å². The quantitative estimate of drug-likeness (QED) is 0.799. The van der Waals surface area contributed by atoms with Crippen LogP contribution in [0.3, 0.4) is 0 Å². The minimum absolute atomic E-state index is 0.210. The van der Waals surface area contributed by atoms with Crippen LogP contribution in [0.25, 0.3) is 0 Å². The molecule has 1 aromatic rings. The topological polar surface area (TPSA) is 52.3 Å². The van der Waals surface area contributed by atoms with Crippen LogP contribution in [0.15, 0.2) is 24.3 Å². The number of hydrogen-bond donors (Lipinski definition) is 1. The van der Waals surface area contributed by atoms with E-state index in [0.717, 1.165) is 18.4 Å². The molecule has 0 radical (unpaired) electrons. The van der Waals surface area contributed by atoms with E-state index in [9.17, 15) is 4.79 Å². The molecule has 0 unspecified atom stereocenters. The molecule has 0 amide bonds. The standard InChI is InChI=1S/C14H19NO2/c1-13(2,3)17-12(16)10-5-4-6-11(9-10)14(15)7-8-14/h4-6,9H,7-8,15H2,1-3H3. The van der Waals surface area contributed by atoms with Gasteiger partial charge in [0.1, 0.15) is 5.60 Å². The fourth-order valence-electron chi connectivity index (χ4n) is 1.72. The van der Waals surface area contributed by atoms with Gasteiger partial charge in [0.2, 0.25) is 0 Å². The molecule has 0 spiro atoms. The van der Waals surface area contributed by atoms with Gasteiger partial charge in [-0.25, -0.2) is 4.79 Å². The van der Waals surface area contributed by atoms with Crippen LogP contribution in [0.4, 0.5) is 0 Å². The van der Waals surface area contributed by atoms with Gasteiger partial charge >= 0.3 is 5.97 Å². The molecule has 2 rings (SSSR count). The maximum Gasteiger partial charge on any atom is 0.338 e. The van der Waals surface area contributed by atoms with Crippen molar-refractivity contribution >= 4 is 5.97 Å². The van der Waals surface area contributed by atoms with Crippen molar-refractivity contribution < 1.29 is 9.53 Å². The zero-order chi connectivity index (χ0) is 12.7. The minimum atomic E-state index is -0.465. The third-order valence-electron chi connectivity index (χ3n) is 2.86. The summed E-state index contributed by atoms with van der Waals surface area (Å²) in [6, 6.07) is 7.45. The monoisotopic (exact) mass is 233 g/mol. The zero-order valence-electron chi connectivity index (χ0n) is 10.6. The van der Waals surface area contributed by atoms with Crippen molar-refractivity contribution in [1.29, 1.82) is 0 Å². The molecule has 0 aromatic heterocycles. The number of hydrogen-bond acceptors (Lipinski definition) is 3. The van der Waals surface area contributed by atoms with Crippen molar-refractivity contribution in [3.05, 3.63) is 35.4 Å². The largest absolute Gasteiger partial charge is 0.456 e. The lowest BCUT2D eigenvalue weighted by atomic mass is 10.0. The molecular weight excluding hydrogens is 214 g/mol. The smallest absolute Gasteiger partial charge is 0.338 e. The zero-order valence-corrected chi connectivity index (χ0v) is 10.6. The Morgan fingerprint density at radius 3 is 2.53 bits per heavy atom. The number of nitrogens with two attached hydrogens (primary N) is 1. The maximum absolute atomic E-state index is 11.9. The lowest BCUT2D eigenvalue weighted by molar-refractivity contribution is 0.00694. The van der Waals surface area contributed by atoms with Gasteiger partial charge < -0.3 is 10.5 Å². The van der Waals surface area contributed by atoms with Gasteiger partial charge in [-0.1, -0.05) is 12.1 Å². The van der Waals surface area contributed by atoms with Crippen molar-refractivity contribution in [1.82, 2.24) is 0 Å². The molecule has 1 aliphatic rings. The third-order valence-corrected chi connectivity index (χ3v) is 2.86. The highest BCUT2D eigenvalue weighted by Gasteiger charge is 2.40. The van der Waals surface area contributed by atoms with E-state index in [-0.39, 0.29) is 11.5 Å². The van der Waals surface area contributed by atoms with Gasteiger partial charge in [0.25, 0.3) is 0 Å². The molecule has 1 aromatic carbocycles. The Morgan fingerprint density at radius 1 is 1.35 bits per heavy atom. The van der Waals surface area contributed by atoms with Crippen LogP contribution in [-0.4, -0.2) is 11.6 Å². The van der Waals surface area contributed by atoms with E-state index >= 15 is 0 Å². The Bertz CT molecular complexity index is 442. The Labute approximate surface area is 102 Å². The second-order valence-corrected chi connectivity index (χ2v) is 5.74. The predicted octanol–water partition coefficient (Wildman–Crippen LogP) is 2.59. The molecule has 0 bridgehead atoms. The van der Waals surface area contributed by atoms with Gasteiger partial charge in [0.05, 0.1) is 5.56 Å². The summed E-state index contributed by atoms with van der Waals surface area (Å²) in [7, 11) is 0. The summed E-state index contributed by atoms with van der Waals surface area (Å²) in [4.78, 5) is 11.9. The van der Waals surface area contributed by atoms with E-state index in [1.54, 1.807) is 6.07 Å². The summed E-state index contributed by atoms with van der Waals surface area (Å²) in [5.74, 6) is -0.288. The molecule has 0 saturated heterocycles. The molecule has 2 N–H and O–H groups in total. The molecule has 1 fully saturated rings. The minimum Gasteiger partial charge on any atom is -0.456 e. The van der Waals surface area contributed by atoms with Crippen LogP contribution in [0, 0.1) is 0 Å². The molecule has 17 heavy (non-hydrogen) atoms. The maximum atomic E-state index is 11.9. The molecule has 1 saturated carbocycles. The summed E-state index contributed by atoms with van der Waals surface area (Å²) in [6.07, 6.45) is 1.98. The highest BCUT2D eigenvalue weighted by atomic mass is 16.6. The van der Waals surface area contributed by atoms with Gasteiger partial charge in [0.15, 0.2) is 0 Å². The van der Waals surface area contributed by atoms with Gasteiger partial charge in [-0.2, -0.15) is 0 Å². The van der Waals surface area contributed by atoms with Crippen molar-refractivity contribution in [2.75, 3.05) is 0 Å². The first-order valence-electron chi connectivity index (χ1n) is 5.93. The fourth-order valence-corrected chi connectivity index (χ4v) is 1.72. The number of ether oxygens (including phenoxy) is 1. The number of carbonyl (C=O) groups excluding carboxylic acids is 1. The molecule has 3 heteroatoms. The van der Waals surface area contributed by atoms with E-state index in [4.69, 9.17) is 10.5 Å². The number of esters is 1. The molecule has 1 aliphatic carbocycles. The summed E-state index contributed by atoms with van der Waals surface area (Å²) < 4.78 is 5.33. The molecule has 92 valence electrons. The molecule has 0 aliphatic heterocycles. The van der Waals surface area contributed by atoms with Crippen LogP contribution in [0.2, 0.25) is 0 Å². The first-order chi connectivity index (χ1) is 7.80. The number of benzene rings is 1. The summed E-state index contributed by atoms with van der Waals surface area (Å²) in [5, 5.41) is 0. The van der Waals surface area contributed by atoms with Crippen molar-refractivity contribution in [3.63, 3.8) is 0 Å². The van der Waals surface area contributed by atoms with Crippen molar-refractivity contribution in [2.24, 2.45) is 5.73 Å². The average Bonchev–Trinajstić information content (AvgIpc) is 2.96. The molecule has 0 atom stereocenters. The second-order valence-electron chi connectivity index (χ2n) is 5.74. The lowest BCUT2D eigenvalue weighted by Gasteiger charge is -2.20. The fraction of sp³-hybridized carbons (Fsp3) is 0.500. The van der Waals surface area contributed by atoms with E-state index in [1.807, 2.05) is 39.0 Å². The van der Waals surface area contributed by atoms with Crippen LogP contribution in [0.5, 0.6) is 0 Å². The Balaban J connectivity index is 2.19. The highest BCUT2D eigenvalue weighted by molar-refractivity contribution is 5.90. The first kappa shape index (κ1) is 12.1. The van der Waals surface area contributed by atoms with Gasteiger partial charge in [0, 0.05) is 5.54 Å².